The first-order valence-electron chi connectivity index (χ1n) is 9.95. The number of ether oxygens (including phenoxy) is 1. The van der Waals surface area contributed by atoms with Gasteiger partial charge in [0.2, 0.25) is 11.8 Å². The van der Waals surface area contributed by atoms with E-state index in [4.69, 9.17) is 4.74 Å². The van der Waals surface area contributed by atoms with E-state index in [0.717, 1.165) is 11.3 Å². The van der Waals surface area contributed by atoms with Gasteiger partial charge in [-0.15, -0.1) is 0 Å². The van der Waals surface area contributed by atoms with E-state index in [1.807, 2.05) is 18.2 Å². The van der Waals surface area contributed by atoms with Crippen LogP contribution in [-0.2, 0) is 23.9 Å². The molecule has 0 spiro atoms. The number of amides is 3. The second kappa shape index (κ2) is 7.46. The zero-order chi connectivity index (χ0) is 20.7. The number of para-hydroxylation sites is 1. The van der Waals surface area contributed by atoms with E-state index < -0.39 is 24.5 Å². The summed E-state index contributed by atoms with van der Waals surface area (Å²) in [5.41, 5.74) is 0.592. The van der Waals surface area contributed by atoms with Crippen molar-refractivity contribution >= 4 is 29.4 Å². The highest BCUT2D eigenvalue weighted by atomic mass is 16.5. The van der Waals surface area contributed by atoms with E-state index in [1.165, 1.54) is 0 Å². The molecule has 1 N–H and O–H groups in total. The van der Waals surface area contributed by atoms with E-state index in [0.29, 0.717) is 5.69 Å². The SMILES string of the molecule is CC(C)[C@H](C(=O)OCC(=O)Nc1ccccc1)N1C(=O)[C@@H]2[C@H](C1=O)[C@H]1C=C[C@H]2C1. The van der Waals surface area contributed by atoms with E-state index in [1.54, 1.807) is 38.1 Å². The summed E-state index contributed by atoms with van der Waals surface area (Å²) < 4.78 is 5.19. The highest BCUT2D eigenvalue weighted by Gasteiger charge is 2.61. The van der Waals surface area contributed by atoms with Crippen molar-refractivity contribution in [3.8, 4) is 0 Å². The molecule has 1 aliphatic heterocycles. The molecule has 2 fully saturated rings. The molecule has 1 aromatic carbocycles. The maximum absolute atomic E-state index is 13.0. The van der Waals surface area contributed by atoms with Crippen LogP contribution in [0.3, 0.4) is 0 Å². The highest BCUT2D eigenvalue weighted by molar-refractivity contribution is 6.09. The van der Waals surface area contributed by atoms with Gasteiger partial charge in [0.25, 0.3) is 5.91 Å². The molecule has 1 heterocycles. The molecule has 3 aliphatic rings. The number of allylic oxidation sites excluding steroid dienone is 2. The fraction of sp³-hybridized carbons (Fsp3) is 0.455. The average Bonchev–Trinajstić information content (AvgIpc) is 3.37. The third-order valence-corrected chi connectivity index (χ3v) is 6.06. The van der Waals surface area contributed by atoms with Crippen molar-refractivity contribution < 1.29 is 23.9 Å². The number of benzene rings is 1. The first-order chi connectivity index (χ1) is 13.9. The van der Waals surface area contributed by atoms with Crippen LogP contribution in [0.25, 0.3) is 0 Å². The molecular formula is C22H24N2O5. The Kier molecular flexibility index (Phi) is 4.98. The van der Waals surface area contributed by atoms with Gasteiger partial charge < -0.3 is 10.1 Å². The van der Waals surface area contributed by atoms with Gasteiger partial charge in [-0.1, -0.05) is 44.2 Å². The van der Waals surface area contributed by atoms with E-state index in [-0.39, 0.29) is 41.4 Å². The predicted octanol–water partition coefficient (Wildman–Crippen LogP) is 2.00. The van der Waals surface area contributed by atoms with Crippen LogP contribution in [0.4, 0.5) is 5.69 Å². The van der Waals surface area contributed by atoms with Crippen molar-refractivity contribution in [3.63, 3.8) is 0 Å². The van der Waals surface area contributed by atoms with Crippen LogP contribution in [0, 0.1) is 29.6 Å². The van der Waals surface area contributed by atoms with Crippen LogP contribution >= 0.6 is 0 Å². The Balaban J connectivity index is 1.43. The molecule has 1 aromatic rings. The maximum atomic E-state index is 13.0. The van der Waals surface area contributed by atoms with Gasteiger partial charge in [-0.3, -0.25) is 19.3 Å². The number of carbonyl (C=O) groups is 4. The number of hydrogen-bond donors (Lipinski definition) is 1. The van der Waals surface area contributed by atoms with Crippen LogP contribution < -0.4 is 5.32 Å². The maximum Gasteiger partial charge on any atom is 0.330 e. The molecule has 1 saturated carbocycles. The molecule has 152 valence electrons. The highest BCUT2D eigenvalue weighted by Crippen LogP contribution is 2.53. The first kappa shape index (κ1) is 19.4. The van der Waals surface area contributed by atoms with Gasteiger partial charge >= 0.3 is 5.97 Å². The molecule has 0 unspecified atom stereocenters. The fourth-order valence-electron chi connectivity index (χ4n) is 4.82. The Morgan fingerprint density at radius 2 is 1.66 bits per heavy atom. The summed E-state index contributed by atoms with van der Waals surface area (Å²) >= 11 is 0. The van der Waals surface area contributed by atoms with Gasteiger partial charge in [0.15, 0.2) is 6.61 Å². The van der Waals surface area contributed by atoms with Crippen molar-refractivity contribution in [1.82, 2.24) is 4.90 Å². The Morgan fingerprint density at radius 1 is 1.07 bits per heavy atom. The standard InChI is InChI=1S/C22H24N2O5/c1-12(2)19(22(28)29-11-16(25)23-15-6-4-3-5-7-15)24-20(26)17-13-8-9-14(10-13)18(17)21(24)27/h3-9,12-14,17-19H,10-11H2,1-2H3,(H,23,25)/t13-,14-,17-,18+,19+/m0/s1. The molecular weight excluding hydrogens is 372 g/mol. The van der Waals surface area contributed by atoms with Crippen LogP contribution in [-0.4, -0.2) is 41.2 Å². The Bertz CT molecular complexity index is 848. The Labute approximate surface area is 169 Å². The lowest BCUT2D eigenvalue weighted by Crippen LogP contribution is -2.50. The van der Waals surface area contributed by atoms with Gasteiger partial charge in [-0.2, -0.15) is 0 Å². The Morgan fingerprint density at radius 3 is 2.21 bits per heavy atom. The van der Waals surface area contributed by atoms with E-state index in [9.17, 15) is 19.2 Å². The smallest absolute Gasteiger partial charge is 0.330 e. The number of hydrogen-bond acceptors (Lipinski definition) is 5. The second-order valence-electron chi connectivity index (χ2n) is 8.26. The molecule has 3 amide bonds. The van der Waals surface area contributed by atoms with Crippen molar-refractivity contribution in [3.05, 3.63) is 42.5 Å². The number of anilines is 1. The summed E-state index contributed by atoms with van der Waals surface area (Å²) in [6, 6.07) is 7.80. The second-order valence-corrected chi connectivity index (χ2v) is 8.26. The average molecular weight is 396 g/mol. The molecule has 0 aromatic heterocycles. The van der Waals surface area contributed by atoms with Gasteiger partial charge in [0.05, 0.1) is 11.8 Å². The van der Waals surface area contributed by atoms with Crippen LogP contribution in [0.5, 0.6) is 0 Å². The number of likely N-dealkylation sites (tertiary alicyclic amines) is 1. The third kappa shape index (κ3) is 3.34. The summed E-state index contributed by atoms with van der Waals surface area (Å²) in [5.74, 6) is -2.70. The number of imide groups is 1. The molecule has 4 rings (SSSR count). The fourth-order valence-corrected chi connectivity index (χ4v) is 4.82. The normalized spacial score (nSPS) is 28.0. The lowest BCUT2D eigenvalue weighted by Gasteiger charge is -2.28. The Hall–Kier alpha value is -2.96. The van der Waals surface area contributed by atoms with Crippen molar-refractivity contribution in [2.45, 2.75) is 26.3 Å². The van der Waals surface area contributed by atoms with Crippen molar-refractivity contribution in [1.29, 1.82) is 0 Å². The van der Waals surface area contributed by atoms with Gasteiger partial charge in [0.1, 0.15) is 6.04 Å². The van der Waals surface area contributed by atoms with Crippen LogP contribution in [0.1, 0.15) is 20.3 Å². The topological polar surface area (TPSA) is 92.8 Å². The predicted molar refractivity (Wildman–Crippen MR) is 104 cm³/mol. The summed E-state index contributed by atoms with van der Waals surface area (Å²) in [4.78, 5) is 51.9. The molecule has 1 saturated heterocycles. The number of fused-ring (bicyclic) bond motifs is 5. The minimum absolute atomic E-state index is 0.0759. The van der Waals surface area contributed by atoms with Crippen LogP contribution in [0.2, 0.25) is 0 Å². The van der Waals surface area contributed by atoms with E-state index in [2.05, 4.69) is 5.32 Å². The molecule has 7 nitrogen and oxygen atoms in total. The lowest BCUT2D eigenvalue weighted by molar-refractivity contribution is -0.162. The molecule has 2 aliphatic carbocycles. The zero-order valence-corrected chi connectivity index (χ0v) is 16.4. The number of carbonyl (C=O) groups excluding carboxylic acids is 4. The molecule has 7 heteroatoms. The molecule has 29 heavy (non-hydrogen) atoms. The largest absolute Gasteiger partial charge is 0.454 e. The first-order valence-corrected chi connectivity index (χ1v) is 9.95. The monoisotopic (exact) mass is 396 g/mol. The van der Waals surface area contributed by atoms with Crippen molar-refractivity contribution in [2.75, 3.05) is 11.9 Å². The minimum atomic E-state index is -1.02. The van der Waals surface area contributed by atoms with Crippen molar-refractivity contribution in [2.24, 2.45) is 29.6 Å². The zero-order valence-electron chi connectivity index (χ0n) is 16.4. The number of nitrogens with zero attached hydrogens (tertiary/aromatic N) is 1. The molecule has 2 bridgehead atoms. The quantitative estimate of drug-likeness (QED) is 0.451. The number of nitrogens with one attached hydrogen (secondary N) is 1. The van der Waals surface area contributed by atoms with Gasteiger partial charge in [-0.25, -0.2) is 4.79 Å². The van der Waals surface area contributed by atoms with Crippen LogP contribution in [0.15, 0.2) is 42.5 Å². The lowest BCUT2D eigenvalue weighted by atomic mass is 9.85. The minimum Gasteiger partial charge on any atom is -0.454 e. The molecule has 0 radical (unpaired) electrons. The van der Waals surface area contributed by atoms with Gasteiger partial charge in [0, 0.05) is 5.69 Å². The molecule has 5 atom stereocenters. The third-order valence-electron chi connectivity index (χ3n) is 6.06. The summed E-state index contributed by atoms with van der Waals surface area (Å²) in [5, 5.41) is 2.63. The summed E-state index contributed by atoms with van der Waals surface area (Å²) in [6.45, 7) is 3.04. The number of rotatable bonds is 6. The summed E-state index contributed by atoms with van der Waals surface area (Å²) in [7, 11) is 0. The number of esters is 1. The van der Waals surface area contributed by atoms with Gasteiger partial charge in [-0.05, 0) is 36.3 Å². The summed E-state index contributed by atoms with van der Waals surface area (Å²) in [6.07, 6.45) is 4.85. The van der Waals surface area contributed by atoms with E-state index >= 15 is 0 Å².